The van der Waals surface area contributed by atoms with E-state index in [-0.39, 0.29) is 11.9 Å². The molecule has 82 valence electrons. The van der Waals surface area contributed by atoms with E-state index >= 15 is 0 Å². The van der Waals surface area contributed by atoms with Gasteiger partial charge in [0.25, 0.3) is 0 Å². The van der Waals surface area contributed by atoms with Crippen LogP contribution < -0.4 is 10.6 Å². The Morgan fingerprint density at radius 3 is 3.33 bits per heavy atom. The third-order valence-corrected chi connectivity index (χ3v) is 2.58. The van der Waals surface area contributed by atoms with Crippen LogP contribution in [0.25, 0.3) is 0 Å². The van der Waals surface area contributed by atoms with Crippen molar-refractivity contribution in [2.75, 3.05) is 13.1 Å². The van der Waals surface area contributed by atoms with Gasteiger partial charge in [0.1, 0.15) is 0 Å². The first-order chi connectivity index (χ1) is 7.36. The van der Waals surface area contributed by atoms with Crippen molar-refractivity contribution in [1.82, 2.24) is 20.4 Å². The van der Waals surface area contributed by atoms with E-state index < -0.39 is 0 Å². The lowest BCUT2D eigenvalue weighted by molar-refractivity contribution is -0.124. The molecule has 1 atom stereocenters. The van der Waals surface area contributed by atoms with E-state index in [1.807, 2.05) is 16.9 Å². The van der Waals surface area contributed by atoms with Gasteiger partial charge in [-0.3, -0.25) is 9.48 Å². The molecular weight excluding hydrogens is 192 g/mol. The van der Waals surface area contributed by atoms with Crippen LogP contribution in [0.3, 0.4) is 0 Å². The second-order valence-corrected chi connectivity index (χ2v) is 3.71. The molecule has 1 fully saturated rings. The van der Waals surface area contributed by atoms with E-state index in [0.29, 0.717) is 0 Å². The normalized spacial score (nSPS) is 21.3. The molecule has 5 nitrogen and oxygen atoms in total. The van der Waals surface area contributed by atoms with Crippen LogP contribution in [0.5, 0.6) is 0 Å². The second kappa shape index (κ2) is 4.93. The number of hydrogen-bond donors (Lipinski definition) is 2. The lowest BCUT2D eigenvalue weighted by Gasteiger charge is -2.22. The fourth-order valence-electron chi connectivity index (χ4n) is 1.75. The number of carbonyl (C=O) groups is 1. The molecule has 1 aliphatic heterocycles. The molecule has 0 bridgehead atoms. The third kappa shape index (κ3) is 2.79. The maximum absolute atomic E-state index is 11.4. The summed E-state index contributed by atoms with van der Waals surface area (Å²) in [6, 6.07) is 1.88. The molecule has 15 heavy (non-hydrogen) atoms. The van der Waals surface area contributed by atoms with Gasteiger partial charge in [0.2, 0.25) is 5.91 Å². The highest BCUT2D eigenvalue weighted by molar-refractivity contribution is 5.82. The summed E-state index contributed by atoms with van der Waals surface area (Å²) in [7, 11) is 0. The van der Waals surface area contributed by atoms with E-state index in [0.717, 1.165) is 32.5 Å². The molecule has 2 heterocycles. The Balaban J connectivity index is 1.71. The molecule has 0 saturated carbocycles. The van der Waals surface area contributed by atoms with Gasteiger partial charge in [-0.15, -0.1) is 0 Å². The number of nitrogens with zero attached hydrogens (tertiary/aromatic N) is 2. The average molecular weight is 208 g/mol. The maximum Gasteiger partial charge on any atom is 0.237 e. The molecule has 1 aromatic rings. The third-order valence-electron chi connectivity index (χ3n) is 2.58. The molecule has 0 aliphatic carbocycles. The quantitative estimate of drug-likeness (QED) is 0.717. The first-order valence-electron chi connectivity index (χ1n) is 5.35. The summed E-state index contributed by atoms with van der Waals surface area (Å²) in [5.74, 6) is 0.127. The van der Waals surface area contributed by atoms with Gasteiger partial charge in [0.05, 0.1) is 12.6 Å². The topological polar surface area (TPSA) is 59.0 Å². The molecule has 1 saturated heterocycles. The smallest absolute Gasteiger partial charge is 0.237 e. The van der Waals surface area contributed by atoms with Crippen LogP contribution in [0.4, 0.5) is 0 Å². The Labute approximate surface area is 88.8 Å². The first kappa shape index (κ1) is 10.2. The van der Waals surface area contributed by atoms with Crippen molar-refractivity contribution in [3.05, 3.63) is 18.5 Å². The van der Waals surface area contributed by atoms with Gasteiger partial charge in [-0.05, 0) is 18.9 Å². The van der Waals surface area contributed by atoms with Crippen LogP contribution in [0.2, 0.25) is 0 Å². The van der Waals surface area contributed by atoms with E-state index in [4.69, 9.17) is 0 Å². The van der Waals surface area contributed by atoms with Crippen molar-refractivity contribution in [3.63, 3.8) is 0 Å². The summed E-state index contributed by atoms with van der Waals surface area (Å²) in [6.45, 7) is 2.40. The molecule has 0 radical (unpaired) electrons. The standard InChI is InChI=1S/C10H16N4O/c15-10-9(3-1-4-12-10)11-6-8-14-7-2-5-13-14/h2,5,7,9,11H,1,3-4,6,8H2,(H,12,15). The minimum atomic E-state index is -0.0192. The fourth-order valence-corrected chi connectivity index (χ4v) is 1.75. The predicted molar refractivity (Wildman–Crippen MR) is 56.3 cm³/mol. The number of carbonyl (C=O) groups excluding carboxylic acids is 1. The number of hydrogen-bond acceptors (Lipinski definition) is 3. The number of piperidine rings is 1. The van der Waals surface area contributed by atoms with Crippen molar-refractivity contribution in [1.29, 1.82) is 0 Å². The summed E-state index contributed by atoms with van der Waals surface area (Å²) < 4.78 is 1.85. The molecule has 5 heteroatoms. The summed E-state index contributed by atoms with van der Waals surface area (Å²) in [6.07, 6.45) is 5.67. The molecule has 0 aromatic carbocycles. The molecule has 0 spiro atoms. The molecule has 2 N–H and O–H groups in total. The van der Waals surface area contributed by atoms with Crippen molar-refractivity contribution < 1.29 is 4.79 Å². The van der Waals surface area contributed by atoms with Crippen molar-refractivity contribution >= 4 is 5.91 Å². The lowest BCUT2D eigenvalue weighted by Crippen LogP contribution is -2.48. The molecule has 1 unspecified atom stereocenters. The zero-order valence-corrected chi connectivity index (χ0v) is 8.65. The number of rotatable bonds is 4. The molecule has 1 aliphatic rings. The van der Waals surface area contributed by atoms with Crippen LogP contribution in [0, 0.1) is 0 Å². The van der Waals surface area contributed by atoms with Crippen molar-refractivity contribution in [2.45, 2.75) is 25.4 Å². The Morgan fingerprint density at radius 2 is 2.60 bits per heavy atom. The largest absolute Gasteiger partial charge is 0.355 e. The Hall–Kier alpha value is -1.36. The van der Waals surface area contributed by atoms with E-state index in [1.165, 1.54) is 0 Å². The highest BCUT2D eigenvalue weighted by atomic mass is 16.2. The van der Waals surface area contributed by atoms with Crippen LogP contribution in [-0.4, -0.2) is 34.8 Å². The molecule has 1 amide bonds. The minimum absolute atomic E-state index is 0.0192. The van der Waals surface area contributed by atoms with Gasteiger partial charge < -0.3 is 10.6 Å². The van der Waals surface area contributed by atoms with Gasteiger partial charge in [-0.1, -0.05) is 0 Å². The lowest BCUT2D eigenvalue weighted by atomic mass is 10.1. The molecule has 2 rings (SSSR count). The van der Waals surface area contributed by atoms with Gasteiger partial charge in [-0.2, -0.15) is 5.10 Å². The van der Waals surface area contributed by atoms with Gasteiger partial charge >= 0.3 is 0 Å². The summed E-state index contributed by atoms with van der Waals surface area (Å²) in [4.78, 5) is 11.4. The summed E-state index contributed by atoms with van der Waals surface area (Å²) >= 11 is 0. The number of amides is 1. The van der Waals surface area contributed by atoms with E-state index in [9.17, 15) is 4.79 Å². The van der Waals surface area contributed by atoms with Gasteiger partial charge in [0, 0.05) is 25.5 Å². The zero-order chi connectivity index (χ0) is 10.5. The van der Waals surface area contributed by atoms with E-state index in [1.54, 1.807) is 6.20 Å². The van der Waals surface area contributed by atoms with Crippen LogP contribution in [0.1, 0.15) is 12.8 Å². The Kier molecular flexibility index (Phi) is 3.34. The fraction of sp³-hybridized carbons (Fsp3) is 0.600. The SMILES string of the molecule is O=C1NCCCC1NCCn1cccn1. The molecule has 1 aromatic heterocycles. The first-order valence-corrected chi connectivity index (χ1v) is 5.35. The van der Waals surface area contributed by atoms with Crippen LogP contribution in [0.15, 0.2) is 18.5 Å². The Morgan fingerprint density at radius 1 is 1.67 bits per heavy atom. The monoisotopic (exact) mass is 208 g/mol. The average Bonchev–Trinajstić information content (AvgIpc) is 2.74. The number of nitrogens with one attached hydrogen (secondary N) is 2. The number of aromatic nitrogens is 2. The Bertz CT molecular complexity index is 309. The minimum Gasteiger partial charge on any atom is -0.355 e. The molecular formula is C10H16N4O. The summed E-state index contributed by atoms with van der Waals surface area (Å²) in [5.41, 5.74) is 0. The highest BCUT2D eigenvalue weighted by Crippen LogP contribution is 2.02. The van der Waals surface area contributed by atoms with Gasteiger partial charge in [0.15, 0.2) is 0 Å². The van der Waals surface area contributed by atoms with Gasteiger partial charge in [-0.25, -0.2) is 0 Å². The van der Waals surface area contributed by atoms with Crippen molar-refractivity contribution in [3.8, 4) is 0 Å². The second-order valence-electron chi connectivity index (χ2n) is 3.71. The zero-order valence-electron chi connectivity index (χ0n) is 8.65. The van der Waals surface area contributed by atoms with Crippen molar-refractivity contribution in [2.24, 2.45) is 0 Å². The van der Waals surface area contributed by atoms with E-state index in [2.05, 4.69) is 15.7 Å². The maximum atomic E-state index is 11.4. The van der Waals surface area contributed by atoms with Crippen LogP contribution in [-0.2, 0) is 11.3 Å². The summed E-state index contributed by atoms with van der Waals surface area (Å²) in [5, 5.41) is 10.2. The van der Waals surface area contributed by atoms with Crippen LogP contribution >= 0.6 is 0 Å². The predicted octanol–water partition coefficient (Wildman–Crippen LogP) is -0.249. The highest BCUT2D eigenvalue weighted by Gasteiger charge is 2.20.